The van der Waals surface area contributed by atoms with Crippen molar-refractivity contribution in [1.82, 2.24) is 0 Å². The van der Waals surface area contributed by atoms with Gasteiger partial charge in [-0.15, -0.1) is 6.58 Å². The number of anilines is 2. The van der Waals surface area contributed by atoms with Crippen molar-refractivity contribution in [1.29, 1.82) is 0 Å². The Morgan fingerprint density at radius 2 is 2.17 bits per heavy atom. The summed E-state index contributed by atoms with van der Waals surface area (Å²) in [5.74, 6) is 0.240. The number of benzene rings is 2. The highest BCUT2D eigenvalue weighted by molar-refractivity contribution is 9.10. The molecule has 2 aromatic carbocycles. The minimum absolute atomic E-state index is 0.00455. The average molecular weight is 387 g/mol. The minimum atomic E-state index is -0.227. The van der Waals surface area contributed by atoms with Gasteiger partial charge in [-0.25, -0.2) is 0 Å². The van der Waals surface area contributed by atoms with E-state index in [2.05, 4.69) is 27.8 Å². The van der Waals surface area contributed by atoms with E-state index in [-0.39, 0.29) is 18.4 Å². The van der Waals surface area contributed by atoms with E-state index in [0.29, 0.717) is 29.2 Å². The van der Waals surface area contributed by atoms with Gasteiger partial charge in [-0.05, 0) is 36.4 Å². The quantitative estimate of drug-likeness (QED) is 0.816. The summed E-state index contributed by atoms with van der Waals surface area (Å²) in [6, 6.07) is 12.3. The summed E-state index contributed by atoms with van der Waals surface area (Å²) >= 11 is 3.35. The van der Waals surface area contributed by atoms with Crippen molar-refractivity contribution < 1.29 is 14.3 Å². The summed E-state index contributed by atoms with van der Waals surface area (Å²) in [6.07, 6.45) is 1.65. The van der Waals surface area contributed by atoms with E-state index in [4.69, 9.17) is 4.74 Å². The van der Waals surface area contributed by atoms with Crippen molar-refractivity contribution >= 4 is 39.1 Å². The van der Waals surface area contributed by atoms with Gasteiger partial charge >= 0.3 is 0 Å². The van der Waals surface area contributed by atoms with Gasteiger partial charge in [0.25, 0.3) is 11.8 Å². The van der Waals surface area contributed by atoms with E-state index in [1.807, 2.05) is 6.07 Å². The number of carbonyl (C=O) groups is 2. The molecular weight excluding hydrogens is 372 g/mol. The first-order chi connectivity index (χ1) is 11.6. The average Bonchev–Trinajstić information content (AvgIpc) is 2.57. The molecule has 3 rings (SSSR count). The third kappa shape index (κ3) is 3.33. The van der Waals surface area contributed by atoms with Crippen LogP contribution in [0.15, 0.2) is 59.6 Å². The molecule has 1 aliphatic rings. The zero-order valence-electron chi connectivity index (χ0n) is 12.8. The molecule has 0 unspecified atom stereocenters. The van der Waals surface area contributed by atoms with Gasteiger partial charge < -0.3 is 15.0 Å². The normalized spacial score (nSPS) is 13.0. The predicted molar refractivity (Wildman–Crippen MR) is 96.6 cm³/mol. The molecule has 1 N–H and O–H groups in total. The zero-order valence-corrected chi connectivity index (χ0v) is 14.4. The summed E-state index contributed by atoms with van der Waals surface area (Å²) in [7, 11) is 0. The van der Waals surface area contributed by atoms with Crippen molar-refractivity contribution in [2.24, 2.45) is 0 Å². The molecule has 1 aliphatic heterocycles. The number of hydrogen-bond donors (Lipinski definition) is 1. The maximum Gasteiger partial charge on any atom is 0.265 e. The van der Waals surface area contributed by atoms with Gasteiger partial charge in [0.15, 0.2) is 6.61 Å². The lowest BCUT2D eigenvalue weighted by atomic mass is 10.2. The number of halogens is 1. The second-order valence-corrected chi connectivity index (χ2v) is 6.14. The predicted octanol–water partition coefficient (Wildman–Crippen LogP) is 3.61. The molecule has 122 valence electrons. The maximum atomic E-state index is 12.3. The van der Waals surface area contributed by atoms with Crippen LogP contribution in [0.5, 0.6) is 5.75 Å². The van der Waals surface area contributed by atoms with Crippen molar-refractivity contribution in [2.45, 2.75) is 0 Å². The van der Waals surface area contributed by atoms with Gasteiger partial charge in [-0.1, -0.05) is 28.1 Å². The van der Waals surface area contributed by atoms with Gasteiger partial charge in [-0.2, -0.15) is 0 Å². The highest BCUT2D eigenvalue weighted by atomic mass is 79.9. The largest absolute Gasteiger partial charge is 0.482 e. The first-order valence-corrected chi connectivity index (χ1v) is 8.13. The van der Waals surface area contributed by atoms with Crippen molar-refractivity contribution in [3.8, 4) is 5.75 Å². The number of fused-ring (bicyclic) bond motifs is 1. The molecule has 0 aromatic heterocycles. The Balaban J connectivity index is 1.86. The van der Waals surface area contributed by atoms with Crippen molar-refractivity contribution in [2.75, 3.05) is 23.4 Å². The Kier molecular flexibility index (Phi) is 4.66. The van der Waals surface area contributed by atoms with Crippen LogP contribution >= 0.6 is 15.9 Å². The summed E-state index contributed by atoms with van der Waals surface area (Å²) < 4.78 is 6.26. The highest BCUT2D eigenvalue weighted by Crippen LogP contribution is 2.34. The molecular formula is C18H15BrN2O3. The third-order valence-corrected chi connectivity index (χ3v) is 4.05. The molecule has 2 aromatic rings. The lowest BCUT2D eigenvalue weighted by molar-refractivity contribution is -0.121. The minimum Gasteiger partial charge on any atom is -0.482 e. The standard InChI is InChI=1S/C18H15BrN2O3/c1-2-8-21-15-10-14(6-7-16(15)24-11-17(21)22)20-18(23)12-4-3-5-13(19)9-12/h2-7,9-10H,1,8,11H2,(H,20,23). The van der Waals surface area contributed by atoms with Gasteiger partial charge in [0.05, 0.1) is 5.69 Å². The zero-order chi connectivity index (χ0) is 17.1. The lowest BCUT2D eigenvalue weighted by Gasteiger charge is -2.28. The fourth-order valence-electron chi connectivity index (χ4n) is 2.44. The molecule has 5 nitrogen and oxygen atoms in total. The number of nitrogens with one attached hydrogen (secondary N) is 1. The molecule has 1 heterocycles. The molecule has 6 heteroatoms. The van der Waals surface area contributed by atoms with E-state index in [1.165, 1.54) is 0 Å². The Hall–Kier alpha value is -2.60. The number of carbonyl (C=O) groups excluding carboxylic acids is 2. The molecule has 0 atom stereocenters. The van der Waals surface area contributed by atoms with Gasteiger partial charge in [0.1, 0.15) is 5.75 Å². The first kappa shape index (κ1) is 16.3. The summed E-state index contributed by atoms with van der Waals surface area (Å²) in [4.78, 5) is 25.9. The second kappa shape index (κ2) is 6.88. The van der Waals surface area contributed by atoms with E-state index in [1.54, 1.807) is 47.4 Å². The number of nitrogens with zero attached hydrogens (tertiary/aromatic N) is 1. The van der Waals surface area contributed by atoms with Crippen LogP contribution in [-0.2, 0) is 4.79 Å². The summed E-state index contributed by atoms with van der Waals surface area (Å²) in [5.41, 5.74) is 1.75. The van der Waals surface area contributed by atoms with Crippen LogP contribution in [0.2, 0.25) is 0 Å². The molecule has 2 amide bonds. The smallest absolute Gasteiger partial charge is 0.265 e. The number of hydrogen-bond acceptors (Lipinski definition) is 3. The Morgan fingerprint density at radius 3 is 2.92 bits per heavy atom. The number of amides is 2. The van der Waals surface area contributed by atoms with Crippen molar-refractivity contribution in [3.05, 3.63) is 65.2 Å². The topological polar surface area (TPSA) is 58.6 Å². The molecule has 0 fully saturated rings. The number of rotatable bonds is 4. The van der Waals surface area contributed by atoms with Crippen LogP contribution in [-0.4, -0.2) is 25.0 Å². The van der Waals surface area contributed by atoms with E-state index < -0.39 is 0 Å². The second-order valence-electron chi connectivity index (χ2n) is 5.23. The summed E-state index contributed by atoms with van der Waals surface area (Å²) in [5, 5.41) is 2.83. The maximum absolute atomic E-state index is 12.3. The number of ether oxygens (including phenoxy) is 1. The van der Waals surface area contributed by atoms with Crippen LogP contribution in [0, 0.1) is 0 Å². The monoisotopic (exact) mass is 386 g/mol. The van der Waals surface area contributed by atoms with E-state index in [9.17, 15) is 9.59 Å². The van der Waals surface area contributed by atoms with Crippen molar-refractivity contribution in [3.63, 3.8) is 0 Å². The fourth-order valence-corrected chi connectivity index (χ4v) is 2.84. The van der Waals surface area contributed by atoms with Crippen LogP contribution in [0.25, 0.3) is 0 Å². The van der Waals surface area contributed by atoms with Gasteiger partial charge in [0.2, 0.25) is 0 Å². The fraction of sp³-hybridized carbons (Fsp3) is 0.111. The van der Waals surface area contributed by atoms with Crippen LogP contribution in [0.4, 0.5) is 11.4 Å². The first-order valence-electron chi connectivity index (χ1n) is 7.33. The Labute approximate surface area is 148 Å². The molecule has 0 bridgehead atoms. The third-order valence-electron chi connectivity index (χ3n) is 3.56. The molecule has 0 radical (unpaired) electrons. The lowest BCUT2D eigenvalue weighted by Crippen LogP contribution is -2.38. The van der Waals surface area contributed by atoms with E-state index in [0.717, 1.165) is 4.47 Å². The SMILES string of the molecule is C=CCN1C(=O)COc2ccc(NC(=O)c3cccc(Br)c3)cc21. The Morgan fingerprint density at radius 1 is 1.33 bits per heavy atom. The molecule has 0 spiro atoms. The molecule has 24 heavy (non-hydrogen) atoms. The Bertz CT molecular complexity index is 820. The van der Waals surface area contributed by atoms with E-state index >= 15 is 0 Å². The highest BCUT2D eigenvalue weighted by Gasteiger charge is 2.25. The van der Waals surface area contributed by atoms with Gasteiger partial charge in [0, 0.05) is 22.3 Å². The molecule has 0 saturated carbocycles. The summed E-state index contributed by atoms with van der Waals surface area (Å²) in [6.45, 7) is 4.06. The van der Waals surface area contributed by atoms with Crippen LogP contribution in [0.3, 0.4) is 0 Å². The molecule has 0 saturated heterocycles. The van der Waals surface area contributed by atoms with Gasteiger partial charge in [-0.3, -0.25) is 9.59 Å². The molecule has 0 aliphatic carbocycles. The van der Waals surface area contributed by atoms with Crippen LogP contribution in [0.1, 0.15) is 10.4 Å². The van der Waals surface area contributed by atoms with Crippen LogP contribution < -0.4 is 15.0 Å².